The van der Waals surface area contributed by atoms with Gasteiger partial charge in [-0.25, -0.2) is 15.0 Å². The van der Waals surface area contributed by atoms with Gasteiger partial charge >= 0.3 is 0 Å². The number of hydrogen-bond acceptors (Lipinski definition) is 7. The Morgan fingerprint density at radius 3 is 2.68 bits per heavy atom. The lowest BCUT2D eigenvalue weighted by molar-refractivity contribution is -0.0390. The van der Waals surface area contributed by atoms with Crippen LogP contribution in [0.25, 0.3) is 20.9 Å². The molecule has 1 saturated carbocycles. The molecule has 0 spiro atoms. The number of benzene rings is 1. The van der Waals surface area contributed by atoms with E-state index in [9.17, 15) is 4.79 Å². The summed E-state index contributed by atoms with van der Waals surface area (Å²) in [5.74, 6) is 0.280. The Hall–Kier alpha value is -2.42. The van der Waals surface area contributed by atoms with Crippen LogP contribution in [0.2, 0.25) is 0 Å². The van der Waals surface area contributed by atoms with Crippen LogP contribution in [0, 0.1) is 11.8 Å². The molecule has 28 heavy (non-hydrogen) atoms. The average Bonchev–Trinajstić information content (AvgIpc) is 3.13. The molecule has 2 bridgehead atoms. The number of carbonyl (C=O) groups excluding carboxylic acids is 1. The van der Waals surface area contributed by atoms with Crippen LogP contribution >= 0.6 is 11.3 Å². The van der Waals surface area contributed by atoms with Crippen LogP contribution in [-0.4, -0.2) is 46.2 Å². The molecular weight excluding hydrogens is 374 g/mol. The minimum absolute atomic E-state index is 0.0614. The summed E-state index contributed by atoms with van der Waals surface area (Å²) in [6, 6.07) is 8.14. The smallest absolute Gasteiger partial charge is 0.272 e. The number of nitrogens with two attached hydrogens (primary N) is 1. The number of para-hydroxylation sites is 1. The number of fused-ring (bicyclic) bond motifs is 3. The van der Waals surface area contributed by atoms with Crippen LogP contribution < -0.4 is 11.1 Å². The number of thiazole rings is 1. The Morgan fingerprint density at radius 2 is 1.89 bits per heavy atom. The number of carbonyl (C=O) groups is 1. The molecule has 2 aromatic heterocycles. The summed E-state index contributed by atoms with van der Waals surface area (Å²) in [4.78, 5) is 26.5. The topological polar surface area (TPSA) is 103 Å². The Balaban J connectivity index is 1.44. The first-order chi connectivity index (χ1) is 13.7. The first-order valence-electron chi connectivity index (χ1n) is 9.50. The van der Waals surface area contributed by atoms with Gasteiger partial charge in [-0.15, -0.1) is 11.3 Å². The molecule has 3 N–H and O–H groups in total. The molecule has 1 aliphatic heterocycles. The molecule has 1 amide bonds. The van der Waals surface area contributed by atoms with Crippen molar-refractivity contribution in [2.45, 2.75) is 24.9 Å². The minimum atomic E-state index is -0.209. The van der Waals surface area contributed by atoms with Crippen LogP contribution in [0.1, 0.15) is 23.3 Å². The number of nitrogens with zero attached hydrogens (tertiary/aromatic N) is 3. The maximum absolute atomic E-state index is 13.1. The summed E-state index contributed by atoms with van der Waals surface area (Å²) in [5, 5.41) is 3.90. The van der Waals surface area contributed by atoms with Gasteiger partial charge < -0.3 is 15.8 Å². The summed E-state index contributed by atoms with van der Waals surface area (Å²) in [5.41, 5.74) is 7.90. The maximum atomic E-state index is 13.1. The average molecular weight is 395 g/mol. The van der Waals surface area contributed by atoms with Crippen LogP contribution in [0.5, 0.6) is 0 Å². The second-order valence-corrected chi connectivity index (χ2v) is 8.56. The first-order valence-corrected chi connectivity index (χ1v) is 10.3. The normalized spacial score (nSPS) is 26.9. The third kappa shape index (κ3) is 3.17. The highest BCUT2D eigenvalue weighted by atomic mass is 32.1. The molecule has 5 rings (SSSR count). The minimum Gasteiger partial charge on any atom is -0.381 e. The zero-order valence-corrected chi connectivity index (χ0v) is 16.1. The second kappa shape index (κ2) is 7.20. The molecule has 1 saturated heterocycles. The fourth-order valence-electron chi connectivity index (χ4n) is 4.36. The van der Waals surface area contributed by atoms with Crippen LogP contribution in [-0.2, 0) is 4.74 Å². The Kier molecular flexibility index (Phi) is 4.54. The van der Waals surface area contributed by atoms with Gasteiger partial charge in [-0.1, -0.05) is 12.1 Å². The SMILES string of the molecule is NC1CC2COCC(C1)C2NC(=O)c1nccnc1-c1nc2ccccc2s1. The number of nitrogens with one attached hydrogen (secondary N) is 1. The summed E-state index contributed by atoms with van der Waals surface area (Å²) in [6.45, 7) is 1.28. The maximum Gasteiger partial charge on any atom is 0.272 e. The summed E-state index contributed by atoms with van der Waals surface area (Å²) in [7, 11) is 0. The zero-order valence-electron chi connectivity index (χ0n) is 15.2. The van der Waals surface area contributed by atoms with Gasteiger partial charge in [0.1, 0.15) is 10.7 Å². The molecule has 2 aliphatic rings. The lowest BCUT2D eigenvalue weighted by Gasteiger charge is -2.44. The molecule has 7 nitrogen and oxygen atoms in total. The van der Waals surface area contributed by atoms with E-state index in [0.29, 0.717) is 29.6 Å². The van der Waals surface area contributed by atoms with Crippen molar-refractivity contribution in [1.29, 1.82) is 0 Å². The standard InChI is InChI=1S/C20H21N5O2S/c21-13-7-11-9-27-10-12(8-13)16(11)25-19(26)17-18(23-6-5-22-17)20-24-14-3-1-2-4-15(14)28-20/h1-6,11-13,16H,7-10,21H2,(H,25,26). The van der Waals surface area contributed by atoms with Gasteiger partial charge in [0.2, 0.25) is 0 Å². The van der Waals surface area contributed by atoms with Crippen LogP contribution in [0.15, 0.2) is 36.7 Å². The zero-order chi connectivity index (χ0) is 19.1. The van der Waals surface area contributed by atoms with E-state index in [1.165, 1.54) is 11.3 Å². The largest absolute Gasteiger partial charge is 0.381 e. The monoisotopic (exact) mass is 395 g/mol. The molecular formula is C20H21N5O2S. The van der Waals surface area contributed by atoms with Gasteiger partial charge in [-0.3, -0.25) is 4.79 Å². The van der Waals surface area contributed by atoms with Crippen molar-refractivity contribution in [3.63, 3.8) is 0 Å². The third-order valence-corrected chi connectivity index (χ3v) is 6.64. The Labute approximate surface area is 166 Å². The van der Waals surface area contributed by atoms with Crippen molar-refractivity contribution >= 4 is 27.5 Å². The lowest BCUT2D eigenvalue weighted by Crippen LogP contribution is -2.57. The van der Waals surface area contributed by atoms with Gasteiger partial charge in [0.15, 0.2) is 5.69 Å². The highest BCUT2D eigenvalue weighted by molar-refractivity contribution is 7.21. The number of aromatic nitrogens is 3. The van der Waals surface area contributed by atoms with E-state index in [1.54, 1.807) is 12.4 Å². The fourth-order valence-corrected chi connectivity index (χ4v) is 5.32. The predicted octanol–water partition coefficient (Wildman–Crippen LogP) is 2.24. The second-order valence-electron chi connectivity index (χ2n) is 7.53. The van der Waals surface area contributed by atoms with E-state index in [2.05, 4.69) is 20.3 Å². The quantitative estimate of drug-likeness (QED) is 0.705. The molecule has 1 aromatic carbocycles. The molecule has 2 unspecified atom stereocenters. The van der Waals surface area contributed by atoms with Crippen molar-refractivity contribution in [3.8, 4) is 10.7 Å². The van der Waals surface area contributed by atoms with Crippen molar-refractivity contribution in [1.82, 2.24) is 20.3 Å². The highest BCUT2D eigenvalue weighted by Gasteiger charge is 2.41. The molecule has 144 valence electrons. The number of rotatable bonds is 3. The van der Waals surface area contributed by atoms with E-state index in [0.717, 1.165) is 23.1 Å². The summed E-state index contributed by atoms with van der Waals surface area (Å²) in [6.07, 6.45) is 4.88. The molecule has 3 heterocycles. The summed E-state index contributed by atoms with van der Waals surface area (Å²) >= 11 is 1.51. The highest BCUT2D eigenvalue weighted by Crippen LogP contribution is 2.34. The predicted molar refractivity (Wildman–Crippen MR) is 107 cm³/mol. The summed E-state index contributed by atoms with van der Waals surface area (Å²) < 4.78 is 6.74. The fraction of sp³-hybridized carbons (Fsp3) is 0.400. The number of hydrogen-bond donors (Lipinski definition) is 2. The first kappa shape index (κ1) is 17.7. The van der Waals surface area contributed by atoms with E-state index in [1.807, 2.05) is 24.3 Å². The van der Waals surface area contributed by atoms with Gasteiger partial charge in [0.25, 0.3) is 5.91 Å². The third-order valence-electron chi connectivity index (χ3n) is 5.60. The van der Waals surface area contributed by atoms with Crippen molar-refractivity contribution in [3.05, 3.63) is 42.4 Å². The van der Waals surface area contributed by atoms with Crippen molar-refractivity contribution < 1.29 is 9.53 Å². The van der Waals surface area contributed by atoms with Crippen LogP contribution in [0.4, 0.5) is 0 Å². The number of ether oxygens (including phenoxy) is 1. The van der Waals surface area contributed by atoms with Crippen LogP contribution in [0.3, 0.4) is 0 Å². The molecule has 2 atom stereocenters. The Bertz CT molecular complexity index is 976. The van der Waals surface area contributed by atoms with Crippen molar-refractivity contribution in [2.24, 2.45) is 17.6 Å². The number of amides is 1. The van der Waals surface area contributed by atoms with E-state index in [-0.39, 0.29) is 29.8 Å². The Morgan fingerprint density at radius 1 is 1.14 bits per heavy atom. The lowest BCUT2D eigenvalue weighted by atomic mass is 9.73. The molecule has 2 fully saturated rings. The van der Waals surface area contributed by atoms with E-state index >= 15 is 0 Å². The van der Waals surface area contributed by atoms with Gasteiger partial charge in [0, 0.05) is 36.3 Å². The van der Waals surface area contributed by atoms with Gasteiger partial charge in [0.05, 0.1) is 23.4 Å². The molecule has 3 aromatic rings. The molecule has 1 aliphatic carbocycles. The van der Waals surface area contributed by atoms with Gasteiger partial charge in [-0.05, 0) is 25.0 Å². The van der Waals surface area contributed by atoms with E-state index in [4.69, 9.17) is 10.5 Å². The molecule has 0 radical (unpaired) electrons. The van der Waals surface area contributed by atoms with E-state index < -0.39 is 0 Å². The molecule has 8 heteroatoms. The van der Waals surface area contributed by atoms with Crippen molar-refractivity contribution in [2.75, 3.05) is 13.2 Å². The van der Waals surface area contributed by atoms with Gasteiger partial charge in [-0.2, -0.15) is 0 Å².